The molecule has 3 aromatic rings. The molecule has 0 radical (unpaired) electrons. The molecule has 146 valence electrons. The van der Waals surface area contributed by atoms with Crippen LogP contribution in [0.3, 0.4) is 0 Å². The van der Waals surface area contributed by atoms with Gasteiger partial charge in [-0.2, -0.15) is 0 Å². The molecule has 1 aromatic heterocycles. The van der Waals surface area contributed by atoms with Crippen LogP contribution in [0.4, 0.5) is 0 Å². The van der Waals surface area contributed by atoms with Gasteiger partial charge in [0.15, 0.2) is 6.29 Å². The number of terminal acetylenes is 1. The monoisotopic (exact) mass is 382 g/mol. The van der Waals surface area contributed by atoms with Gasteiger partial charge in [0.25, 0.3) is 0 Å². The van der Waals surface area contributed by atoms with E-state index in [1.54, 1.807) is 0 Å². The number of carbonyl (C=O) groups excluding carboxylic acids is 1. The molecule has 0 amide bonds. The second kappa shape index (κ2) is 8.19. The van der Waals surface area contributed by atoms with E-state index in [2.05, 4.69) is 36.9 Å². The molecule has 1 unspecified atom stereocenters. The molecule has 0 spiro atoms. The van der Waals surface area contributed by atoms with Gasteiger partial charge in [0.1, 0.15) is 0 Å². The summed E-state index contributed by atoms with van der Waals surface area (Å²) < 4.78 is 0. The number of pyridine rings is 1. The standard InChI is InChI=1S/C26H26N2O/c1-4-19-7-8-22-15-21(9-10-24(22)25(19)17-29)23-14-18(2)26(27-16-23)20-6-5-12-28(3)13-11-20/h1,7-10,14-17,20H,5-6,11-13H2,2-3H3. The van der Waals surface area contributed by atoms with Gasteiger partial charge in [-0.05, 0) is 86.4 Å². The molecule has 1 saturated heterocycles. The van der Waals surface area contributed by atoms with Crippen molar-refractivity contribution in [2.45, 2.75) is 32.1 Å². The van der Waals surface area contributed by atoms with Gasteiger partial charge < -0.3 is 4.90 Å². The maximum absolute atomic E-state index is 11.5. The third-order valence-electron chi connectivity index (χ3n) is 6.13. The number of hydrogen-bond acceptors (Lipinski definition) is 3. The van der Waals surface area contributed by atoms with Crippen LogP contribution in [0.1, 0.15) is 52.4 Å². The lowest BCUT2D eigenvalue weighted by Crippen LogP contribution is -2.18. The Hall–Kier alpha value is -2.96. The van der Waals surface area contributed by atoms with Crippen molar-refractivity contribution in [1.82, 2.24) is 9.88 Å². The Balaban J connectivity index is 1.68. The first-order valence-electron chi connectivity index (χ1n) is 10.2. The summed E-state index contributed by atoms with van der Waals surface area (Å²) in [5, 5.41) is 1.90. The molecule has 1 aliphatic rings. The topological polar surface area (TPSA) is 33.2 Å². The van der Waals surface area contributed by atoms with Crippen LogP contribution in [0, 0.1) is 19.3 Å². The lowest BCUT2D eigenvalue weighted by atomic mass is 9.91. The fourth-order valence-electron chi connectivity index (χ4n) is 4.47. The van der Waals surface area contributed by atoms with E-state index in [4.69, 9.17) is 11.4 Å². The van der Waals surface area contributed by atoms with Gasteiger partial charge in [0.2, 0.25) is 0 Å². The summed E-state index contributed by atoms with van der Waals surface area (Å²) in [4.78, 5) is 18.8. The number of fused-ring (bicyclic) bond motifs is 1. The van der Waals surface area contributed by atoms with E-state index in [0.717, 1.165) is 34.7 Å². The van der Waals surface area contributed by atoms with Gasteiger partial charge in [-0.15, -0.1) is 6.42 Å². The van der Waals surface area contributed by atoms with Gasteiger partial charge in [-0.3, -0.25) is 9.78 Å². The molecular weight excluding hydrogens is 356 g/mol. The summed E-state index contributed by atoms with van der Waals surface area (Å²) in [6.07, 6.45) is 12.0. The van der Waals surface area contributed by atoms with Crippen LogP contribution in [0.15, 0.2) is 42.6 Å². The first-order valence-corrected chi connectivity index (χ1v) is 10.2. The third kappa shape index (κ3) is 3.81. The molecular formula is C26H26N2O. The summed E-state index contributed by atoms with van der Waals surface area (Å²) in [6.45, 7) is 4.48. The zero-order valence-electron chi connectivity index (χ0n) is 17.1. The molecule has 0 saturated carbocycles. The highest BCUT2D eigenvalue weighted by atomic mass is 16.1. The fourth-order valence-corrected chi connectivity index (χ4v) is 4.47. The zero-order valence-corrected chi connectivity index (χ0v) is 17.1. The minimum absolute atomic E-state index is 0.544. The Bertz CT molecular complexity index is 1110. The van der Waals surface area contributed by atoms with Crippen LogP contribution < -0.4 is 0 Å². The van der Waals surface area contributed by atoms with Gasteiger partial charge in [-0.1, -0.05) is 24.1 Å². The SMILES string of the molecule is C#Cc1ccc2cc(-c3cnc(C4CCCN(C)CC4)c(C)c3)ccc2c1C=O. The molecule has 1 aliphatic heterocycles. The lowest BCUT2D eigenvalue weighted by Gasteiger charge is -2.17. The number of carbonyl (C=O) groups is 1. The Labute approximate surface area is 172 Å². The number of benzene rings is 2. The summed E-state index contributed by atoms with van der Waals surface area (Å²) in [5.74, 6) is 3.14. The molecule has 3 nitrogen and oxygen atoms in total. The highest BCUT2D eigenvalue weighted by Gasteiger charge is 2.19. The number of nitrogens with zero attached hydrogens (tertiary/aromatic N) is 2. The summed E-state index contributed by atoms with van der Waals surface area (Å²) in [6, 6.07) is 12.2. The maximum atomic E-state index is 11.5. The summed E-state index contributed by atoms with van der Waals surface area (Å²) >= 11 is 0. The van der Waals surface area contributed by atoms with Crippen LogP contribution in [0.25, 0.3) is 21.9 Å². The normalized spacial score (nSPS) is 17.6. The van der Waals surface area contributed by atoms with E-state index < -0.39 is 0 Å². The van der Waals surface area contributed by atoms with Crippen molar-refractivity contribution in [3.63, 3.8) is 0 Å². The number of rotatable bonds is 3. The van der Waals surface area contributed by atoms with E-state index >= 15 is 0 Å². The van der Waals surface area contributed by atoms with Gasteiger partial charge in [0, 0.05) is 34.5 Å². The van der Waals surface area contributed by atoms with Crippen molar-refractivity contribution in [2.24, 2.45) is 0 Å². The third-order valence-corrected chi connectivity index (χ3v) is 6.13. The second-order valence-corrected chi connectivity index (χ2v) is 8.08. The summed E-state index contributed by atoms with van der Waals surface area (Å²) in [7, 11) is 2.20. The van der Waals surface area contributed by atoms with E-state index in [0.29, 0.717) is 17.0 Å². The van der Waals surface area contributed by atoms with E-state index in [9.17, 15) is 4.79 Å². The lowest BCUT2D eigenvalue weighted by molar-refractivity contribution is 0.112. The molecule has 0 N–H and O–H groups in total. The minimum Gasteiger partial charge on any atom is -0.306 e. The molecule has 1 fully saturated rings. The number of aryl methyl sites for hydroxylation is 1. The van der Waals surface area contributed by atoms with E-state index in [1.807, 2.05) is 30.5 Å². The van der Waals surface area contributed by atoms with E-state index in [1.165, 1.54) is 37.1 Å². The number of aromatic nitrogens is 1. The molecule has 1 atom stereocenters. The van der Waals surface area contributed by atoms with Crippen molar-refractivity contribution >= 4 is 17.1 Å². The van der Waals surface area contributed by atoms with Crippen molar-refractivity contribution in [2.75, 3.05) is 20.1 Å². The molecule has 3 heteroatoms. The Morgan fingerprint density at radius 1 is 1.14 bits per heavy atom. The Kier molecular flexibility index (Phi) is 5.47. The second-order valence-electron chi connectivity index (χ2n) is 8.08. The number of aldehydes is 1. The van der Waals surface area contributed by atoms with Gasteiger partial charge in [-0.25, -0.2) is 0 Å². The smallest absolute Gasteiger partial charge is 0.151 e. The van der Waals surface area contributed by atoms with Crippen LogP contribution in [0.2, 0.25) is 0 Å². The average molecular weight is 383 g/mol. The first-order chi connectivity index (χ1) is 14.1. The van der Waals surface area contributed by atoms with Crippen LogP contribution >= 0.6 is 0 Å². The zero-order chi connectivity index (χ0) is 20.4. The van der Waals surface area contributed by atoms with Crippen LogP contribution in [-0.4, -0.2) is 36.3 Å². The maximum Gasteiger partial charge on any atom is 0.151 e. The number of likely N-dealkylation sites (tertiary alicyclic amines) is 1. The molecule has 2 heterocycles. The minimum atomic E-state index is 0.544. The Morgan fingerprint density at radius 3 is 2.76 bits per heavy atom. The quantitative estimate of drug-likeness (QED) is 0.461. The van der Waals surface area contributed by atoms with Crippen LogP contribution in [0.5, 0.6) is 0 Å². The molecule has 0 bridgehead atoms. The largest absolute Gasteiger partial charge is 0.306 e. The van der Waals surface area contributed by atoms with Crippen molar-refractivity contribution in [1.29, 1.82) is 0 Å². The van der Waals surface area contributed by atoms with Gasteiger partial charge in [0.05, 0.1) is 0 Å². The predicted octanol–water partition coefficient (Wildman–Crippen LogP) is 5.20. The Morgan fingerprint density at radius 2 is 2.00 bits per heavy atom. The highest BCUT2D eigenvalue weighted by Crippen LogP contribution is 2.32. The highest BCUT2D eigenvalue weighted by molar-refractivity contribution is 6.01. The first kappa shape index (κ1) is 19.4. The van der Waals surface area contributed by atoms with E-state index in [-0.39, 0.29) is 0 Å². The molecule has 29 heavy (non-hydrogen) atoms. The summed E-state index contributed by atoms with van der Waals surface area (Å²) in [5.41, 5.74) is 5.92. The van der Waals surface area contributed by atoms with Crippen molar-refractivity contribution < 1.29 is 4.79 Å². The van der Waals surface area contributed by atoms with Crippen molar-refractivity contribution in [3.8, 4) is 23.5 Å². The van der Waals surface area contributed by atoms with Gasteiger partial charge >= 0.3 is 0 Å². The molecule has 0 aliphatic carbocycles. The average Bonchev–Trinajstić information content (AvgIpc) is 2.96. The molecule has 4 rings (SSSR count). The van der Waals surface area contributed by atoms with Crippen LogP contribution in [-0.2, 0) is 0 Å². The number of hydrogen-bond donors (Lipinski definition) is 0. The predicted molar refractivity (Wildman–Crippen MR) is 119 cm³/mol. The fraction of sp³-hybridized carbons (Fsp3) is 0.308. The molecule has 2 aromatic carbocycles. The van der Waals surface area contributed by atoms with Crippen molar-refractivity contribution in [3.05, 3.63) is 65.0 Å².